The Morgan fingerprint density at radius 2 is 1.82 bits per heavy atom. The fourth-order valence-electron chi connectivity index (χ4n) is 2.13. The third-order valence-corrected chi connectivity index (χ3v) is 2.77. The van der Waals surface area contributed by atoms with E-state index in [0.29, 0.717) is 11.4 Å². The van der Waals surface area contributed by atoms with E-state index in [2.05, 4.69) is 24.2 Å². The Bertz CT molecular complexity index is 594. The average Bonchev–Trinajstić information content (AvgIpc) is 2.59. The zero-order valence-electron chi connectivity index (χ0n) is 10.2. The summed E-state index contributed by atoms with van der Waals surface area (Å²) in [6.07, 6.45) is 1.49. The van der Waals surface area contributed by atoms with Gasteiger partial charge >= 0.3 is 0 Å². The predicted molar refractivity (Wildman–Crippen MR) is 66.9 cm³/mol. The molecule has 0 aliphatic heterocycles. The molecule has 17 heavy (non-hydrogen) atoms. The van der Waals surface area contributed by atoms with Gasteiger partial charge in [-0.1, -0.05) is 17.7 Å². The van der Waals surface area contributed by atoms with Crippen LogP contribution in [0.4, 0.5) is 5.82 Å². The van der Waals surface area contributed by atoms with Crippen LogP contribution in [0, 0.1) is 32.1 Å². The van der Waals surface area contributed by atoms with Crippen LogP contribution in [0.5, 0.6) is 0 Å². The van der Waals surface area contributed by atoms with Gasteiger partial charge in [-0.2, -0.15) is 10.4 Å². The van der Waals surface area contributed by atoms with Crippen LogP contribution in [0.25, 0.3) is 5.69 Å². The van der Waals surface area contributed by atoms with Crippen LogP contribution in [0.3, 0.4) is 0 Å². The highest BCUT2D eigenvalue weighted by Gasteiger charge is 2.12. The van der Waals surface area contributed by atoms with Gasteiger partial charge in [-0.15, -0.1) is 0 Å². The molecule has 0 aliphatic carbocycles. The predicted octanol–water partition coefficient (Wildman–Crippen LogP) is 2.25. The minimum Gasteiger partial charge on any atom is -0.382 e. The molecule has 0 amide bonds. The van der Waals surface area contributed by atoms with Crippen LogP contribution >= 0.6 is 0 Å². The maximum Gasteiger partial charge on any atom is 0.145 e. The minimum absolute atomic E-state index is 0.391. The standard InChI is InChI=1S/C13H14N4/c1-8-4-9(2)12(10(3)5-8)17-13(15)11(6-14)7-16-17/h4-5,7H,15H2,1-3H3. The van der Waals surface area contributed by atoms with Gasteiger partial charge in [-0.3, -0.25) is 0 Å². The van der Waals surface area contributed by atoms with Crippen molar-refractivity contribution < 1.29 is 0 Å². The molecule has 86 valence electrons. The Hall–Kier alpha value is -2.28. The molecule has 0 radical (unpaired) electrons. The fourth-order valence-corrected chi connectivity index (χ4v) is 2.13. The van der Waals surface area contributed by atoms with Gasteiger partial charge in [0.15, 0.2) is 0 Å². The molecular formula is C13H14N4. The first-order valence-electron chi connectivity index (χ1n) is 5.36. The Balaban J connectivity index is 2.69. The van der Waals surface area contributed by atoms with E-state index in [1.165, 1.54) is 11.8 Å². The van der Waals surface area contributed by atoms with Crippen molar-refractivity contribution in [2.75, 3.05) is 5.73 Å². The number of rotatable bonds is 1. The molecule has 0 bridgehead atoms. The molecular weight excluding hydrogens is 212 g/mol. The summed E-state index contributed by atoms with van der Waals surface area (Å²) in [6.45, 7) is 6.09. The first-order valence-corrected chi connectivity index (χ1v) is 5.36. The highest BCUT2D eigenvalue weighted by atomic mass is 15.3. The smallest absolute Gasteiger partial charge is 0.145 e. The number of nitriles is 1. The second-order valence-corrected chi connectivity index (χ2v) is 4.21. The lowest BCUT2D eigenvalue weighted by atomic mass is 10.1. The number of nitrogens with two attached hydrogens (primary N) is 1. The number of anilines is 1. The van der Waals surface area contributed by atoms with E-state index in [1.54, 1.807) is 4.68 Å². The van der Waals surface area contributed by atoms with Crippen molar-refractivity contribution in [2.24, 2.45) is 0 Å². The van der Waals surface area contributed by atoms with Crippen molar-refractivity contribution in [1.29, 1.82) is 5.26 Å². The van der Waals surface area contributed by atoms with Gasteiger partial charge in [0, 0.05) is 0 Å². The molecule has 0 spiro atoms. The summed E-state index contributed by atoms with van der Waals surface area (Å²) in [5, 5.41) is 13.1. The summed E-state index contributed by atoms with van der Waals surface area (Å²) in [5.41, 5.74) is 10.7. The largest absolute Gasteiger partial charge is 0.382 e. The summed E-state index contributed by atoms with van der Waals surface area (Å²) in [5.74, 6) is 0.391. The number of nitrogens with zero attached hydrogens (tertiary/aromatic N) is 3. The van der Waals surface area contributed by atoms with Crippen LogP contribution in [0.2, 0.25) is 0 Å². The molecule has 0 saturated carbocycles. The molecule has 0 atom stereocenters. The summed E-state index contributed by atoms with van der Waals surface area (Å²) < 4.78 is 1.63. The van der Waals surface area contributed by atoms with Crippen molar-refractivity contribution in [2.45, 2.75) is 20.8 Å². The summed E-state index contributed by atoms with van der Waals surface area (Å²) >= 11 is 0. The molecule has 2 aromatic rings. The molecule has 1 aromatic heterocycles. The topological polar surface area (TPSA) is 67.6 Å². The minimum atomic E-state index is 0.391. The van der Waals surface area contributed by atoms with Crippen LogP contribution in [-0.4, -0.2) is 9.78 Å². The lowest BCUT2D eigenvalue weighted by Crippen LogP contribution is -2.06. The third kappa shape index (κ3) is 1.76. The second-order valence-electron chi connectivity index (χ2n) is 4.21. The first kappa shape index (κ1) is 11.2. The molecule has 0 fully saturated rings. The average molecular weight is 226 g/mol. The van der Waals surface area contributed by atoms with Crippen LogP contribution < -0.4 is 5.73 Å². The quantitative estimate of drug-likeness (QED) is 0.810. The normalized spacial score (nSPS) is 10.2. The van der Waals surface area contributed by atoms with Crippen molar-refractivity contribution >= 4 is 5.82 Å². The first-order chi connectivity index (χ1) is 8.04. The molecule has 0 unspecified atom stereocenters. The maximum absolute atomic E-state index is 8.88. The maximum atomic E-state index is 8.88. The van der Waals surface area contributed by atoms with Gasteiger partial charge in [0.2, 0.25) is 0 Å². The van der Waals surface area contributed by atoms with Gasteiger partial charge in [0.05, 0.1) is 11.9 Å². The number of aryl methyl sites for hydroxylation is 3. The van der Waals surface area contributed by atoms with E-state index in [-0.39, 0.29) is 0 Å². The van der Waals surface area contributed by atoms with E-state index in [1.807, 2.05) is 19.9 Å². The molecule has 1 aromatic carbocycles. The van der Waals surface area contributed by atoms with Gasteiger partial charge in [-0.25, -0.2) is 4.68 Å². The zero-order chi connectivity index (χ0) is 12.6. The number of hydrogen-bond donors (Lipinski definition) is 1. The van der Waals surface area contributed by atoms with Crippen LogP contribution in [0.15, 0.2) is 18.3 Å². The van der Waals surface area contributed by atoms with E-state index in [0.717, 1.165) is 16.8 Å². The van der Waals surface area contributed by atoms with Gasteiger partial charge in [-0.05, 0) is 31.9 Å². The monoisotopic (exact) mass is 226 g/mol. The van der Waals surface area contributed by atoms with Crippen LogP contribution in [-0.2, 0) is 0 Å². The fraction of sp³-hybridized carbons (Fsp3) is 0.231. The SMILES string of the molecule is Cc1cc(C)c(-n2ncc(C#N)c2N)c(C)c1. The van der Waals surface area contributed by atoms with Gasteiger partial charge in [0.1, 0.15) is 17.5 Å². The Morgan fingerprint density at radius 1 is 1.24 bits per heavy atom. The van der Waals surface area contributed by atoms with E-state index >= 15 is 0 Å². The number of hydrogen-bond acceptors (Lipinski definition) is 3. The number of aromatic nitrogens is 2. The Kier molecular flexibility index (Phi) is 2.60. The number of nitrogen functional groups attached to an aromatic ring is 1. The Morgan fingerprint density at radius 3 is 2.29 bits per heavy atom. The lowest BCUT2D eigenvalue weighted by Gasteiger charge is -2.12. The highest BCUT2D eigenvalue weighted by Crippen LogP contribution is 2.24. The number of benzene rings is 1. The van der Waals surface area contributed by atoms with Crippen LogP contribution in [0.1, 0.15) is 22.3 Å². The molecule has 0 saturated heterocycles. The summed E-state index contributed by atoms with van der Waals surface area (Å²) in [7, 11) is 0. The zero-order valence-corrected chi connectivity index (χ0v) is 10.2. The third-order valence-electron chi connectivity index (χ3n) is 2.77. The molecule has 4 nitrogen and oxygen atoms in total. The van der Waals surface area contributed by atoms with Crippen molar-refractivity contribution in [3.05, 3.63) is 40.6 Å². The van der Waals surface area contributed by atoms with Gasteiger partial charge in [0.25, 0.3) is 0 Å². The van der Waals surface area contributed by atoms with Crippen molar-refractivity contribution in [1.82, 2.24) is 9.78 Å². The Labute approximate surface area is 100 Å². The molecule has 2 N–H and O–H groups in total. The van der Waals surface area contributed by atoms with Crippen molar-refractivity contribution in [3.63, 3.8) is 0 Å². The van der Waals surface area contributed by atoms with E-state index in [9.17, 15) is 0 Å². The van der Waals surface area contributed by atoms with E-state index in [4.69, 9.17) is 11.0 Å². The second kappa shape index (κ2) is 3.95. The van der Waals surface area contributed by atoms with E-state index < -0.39 is 0 Å². The van der Waals surface area contributed by atoms with Crippen molar-refractivity contribution in [3.8, 4) is 11.8 Å². The van der Waals surface area contributed by atoms with Gasteiger partial charge < -0.3 is 5.73 Å². The lowest BCUT2D eigenvalue weighted by molar-refractivity contribution is 0.874. The molecule has 4 heteroatoms. The molecule has 1 heterocycles. The highest BCUT2D eigenvalue weighted by molar-refractivity contribution is 5.57. The summed E-state index contributed by atoms with van der Waals surface area (Å²) in [6, 6.07) is 6.19. The summed E-state index contributed by atoms with van der Waals surface area (Å²) in [4.78, 5) is 0. The molecule has 0 aliphatic rings. The molecule has 2 rings (SSSR count).